The van der Waals surface area contributed by atoms with E-state index in [1.807, 2.05) is 19.1 Å². The number of carbonyl (C=O) groups is 2. The molecule has 2 aromatic rings. The molecule has 0 atom stereocenters. The van der Waals surface area contributed by atoms with E-state index in [2.05, 4.69) is 40.3 Å². The van der Waals surface area contributed by atoms with E-state index in [1.165, 1.54) is 20.2 Å². The van der Waals surface area contributed by atoms with E-state index in [9.17, 15) is 9.59 Å². The normalized spacial score (nSPS) is 10.9. The van der Waals surface area contributed by atoms with Crippen molar-refractivity contribution < 1.29 is 23.8 Å². The van der Waals surface area contributed by atoms with Crippen molar-refractivity contribution in [2.75, 3.05) is 13.7 Å². The highest BCUT2D eigenvalue weighted by atomic mass is 79.9. The SMILES string of the molecule is COc1ccc(OC(C)=O)c(/C=N/NC(=O)COc2cc(C)c(Br)cc2C(C)C)c1. The fourth-order valence-corrected chi connectivity index (χ4v) is 2.96. The van der Waals surface area contributed by atoms with E-state index < -0.39 is 11.9 Å². The van der Waals surface area contributed by atoms with Crippen molar-refractivity contribution in [3.05, 3.63) is 51.5 Å². The molecule has 0 saturated carbocycles. The zero-order chi connectivity index (χ0) is 22.3. The number of aryl methyl sites for hydroxylation is 1. The number of nitrogens with one attached hydrogen (secondary N) is 1. The molecule has 0 unspecified atom stereocenters. The highest BCUT2D eigenvalue weighted by Crippen LogP contribution is 2.32. The molecule has 30 heavy (non-hydrogen) atoms. The first kappa shape index (κ1) is 23.4. The Balaban J connectivity index is 2.04. The molecule has 0 radical (unpaired) electrons. The maximum absolute atomic E-state index is 12.2. The molecule has 7 nitrogen and oxygen atoms in total. The number of amides is 1. The monoisotopic (exact) mass is 476 g/mol. The Hall–Kier alpha value is -2.87. The van der Waals surface area contributed by atoms with Crippen molar-refractivity contribution in [3.8, 4) is 17.2 Å². The molecule has 0 spiro atoms. The fourth-order valence-electron chi connectivity index (χ4n) is 2.60. The minimum atomic E-state index is -0.460. The van der Waals surface area contributed by atoms with Gasteiger partial charge in [0.05, 0.1) is 13.3 Å². The molecule has 0 heterocycles. The van der Waals surface area contributed by atoms with Gasteiger partial charge in [-0.15, -0.1) is 0 Å². The van der Waals surface area contributed by atoms with Crippen molar-refractivity contribution in [3.63, 3.8) is 0 Å². The van der Waals surface area contributed by atoms with Gasteiger partial charge in [-0.2, -0.15) is 5.10 Å². The summed E-state index contributed by atoms with van der Waals surface area (Å²) in [6.07, 6.45) is 1.38. The molecule has 0 aliphatic rings. The highest BCUT2D eigenvalue weighted by Gasteiger charge is 2.12. The third-order valence-corrected chi connectivity index (χ3v) is 4.99. The average molecular weight is 477 g/mol. The smallest absolute Gasteiger partial charge is 0.308 e. The number of ether oxygens (including phenoxy) is 3. The second-order valence-corrected chi connectivity index (χ2v) is 7.73. The summed E-state index contributed by atoms with van der Waals surface area (Å²) in [7, 11) is 1.52. The van der Waals surface area contributed by atoms with Gasteiger partial charge in [-0.05, 0) is 54.3 Å². The zero-order valence-electron chi connectivity index (χ0n) is 17.6. The van der Waals surface area contributed by atoms with Gasteiger partial charge in [0.15, 0.2) is 6.61 Å². The summed E-state index contributed by atoms with van der Waals surface area (Å²) in [4.78, 5) is 23.4. The summed E-state index contributed by atoms with van der Waals surface area (Å²) < 4.78 is 17.0. The maximum Gasteiger partial charge on any atom is 0.308 e. The molecular weight excluding hydrogens is 452 g/mol. The van der Waals surface area contributed by atoms with Crippen LogP contribution in [-0.4, -0.2) is 31.8 Å². The van der Waals surface area contributed by atoms with Gasteiger partial charge in [0.1, 0.15) is 17.2 Å². The second-order valence-electron chi connectivity index (χ2n) is 6.87. The lowest BCUT2D eigenvalue weighted by molar-refractivity contribution is -0.132. The summed E-state index contributed by atoms with van der Waals surface area (Å²) >= 11 is 3.52. The number of hydrogen-bond acceptors (Lipinski definition) is 6. The Labute approximate surface area is 184 Å². The highest BCUT2D eigenvalue weighted by molar-refractivity contribution is 9.10. The molecule has 0 aliphatic heterocycles. The maximum atomic E-state index is 12.2. The van der Waals surface area contributed by atoms with Crippen LogP contribution in [0.4, 0.5) is 0 Å². The quantitative estimate of drug-likeness (QED) is 0.265. The first-order chi connectivity index (χ1) is 14.2. The molecule has 0 fully saturated rings. The number of halogens is 1. The van der Waals surface area contributed by atoms with Crippen molar-refractivity contribution in [2.24, 2.45) is 5.10 Å². The Morgan fingerprint density at radius 2 is 1.93 bits per heavy atom. The largest absolute Gasteiger partial charge is 0.497 e. The van der Waals surface area contributed by atoms with E-state index in [-0.39, 0.29) is 12.5 Å². The number of carbonyl (C=O) groups excluding carboxylic acids is 2. The number of nitrogens with zero attached hydrogens (tertiary/aromatic N) is 1. The van der Waals surface area contributed by atoms with E-state index in [4.69, 9.17) is 14.2 Å². The minimum Gasteiger partial charge on any atom is -0.497 e. The summed E-state index contributed by atoms with van der Waals surface area (Å²) in [6.45, 7) is 7.19. The molecule has 1 N–H and O–H groups in total. The van der Waals surface area contributed by atoms with Crippen LogP contribution in [0.15, 0.2) is 39.9 Å². The van der Waals surface area contributed by atoms with Gasteiger partial charge in [0.2, 0.25) is 0 Å². The number of esters is 1. The Morgan fingerprint density at radius 3 is 2.57 bits per heavy atom. The lowest BCUT2D eigenvalue weighted by atomic mass is 10.0. The third kappa shape index (κ3) is 6.59. The van der Waals surface area contributed by atoms with Gasteiger partial charge in [-0.3, -0.25) is 9.59 Å². The van der Waals surface area contributed by atoms with Crippen LogP contribution >= 0.6 is 15.9 Å². The first-order valence-electron chi connectivity index (χ1n) is 9.32. The van der Waals surface area contributed by atoms with Gasteiger partial charge < -0.3 is 14.2 Å². The molecule has 2 aromatic carbocycles. The lowest BCUT2D eigenvalue weighted by Crippen LogP contribution is -2.25. The first-order valence-corrected chi connectivity index (χ1v) is 10.1. The minimum absolute atomic E-state index is 0.187. The van der Waals surface area contributed by atoms with Crippen LogP contribution in [-0.2, 0) is 9.59 Å². The van der Waals surface area contributed by atoms with Gasteiger partial charge in [0.25, 0.3) is 5.91 Å². The Kier molecular flexibility index (Phi) is 8.41. The van der Waals surface area contributed by atoms with Gasteiger partial charge in [0, 0.05) is 17.0 Å². The van der Waals surface area contributed by atoms with Crippen molar-refractivity contribution in [2.45, 2.75) is 33.6 Å². The Bertz CT molecular complexity index is 957. The number of methoxy groups -OCH3 is 1. The van der Waals surface area contributed by atoms with Crippen LogP contribution in [0, 0.1) is 6.92 Å². The number of rotatable bonds is 8. The predicted octanol–water partition coefficient (Wildman–Crippen LogP) is 4.34. The molecule has 8 heteroatoms. The molecular formula is C22H25BrN2O5. The zero-order valence-corrected chi connectivity index (χ0v) is 19.2. The molecule has 160 valence electrons. The van der Waals surface area contributed by atoms with E-state index >= 15 is 0 Å². The van der Waals surface area contributed by atoms with Crippen LogP contribution in [0.1, 0.15) is 43.4 Å². The van der Waals surface area contributed by atoms with Crippen LogP contribution in [0.3, 0.4) is 0 Å². The summed E-state index contributed by atoms with van der Waals surface area (Å²) in [6, 6.07) is 8.80. The van der Waals surface area contributed by atoms with Crippen LogP contribution in [0.25, 0.3) is 0 Å². The van der Waals surface area contributed by atoms with Crippen LogP contribution in [0.5, 0.6) is 17.2 Å². The van der Waals surface area contributed by atoms with Gasteiger partial charge in [-0.1, -0.05) is 29.8 Å². The Morgan fingerprint density at radius 1 is 1.20 bits per heavy atom. The fraction of sp³-hybridized carbons (Fsp3) is 0.318. The van der Waals surface area contributed by atoms with Crippen LogP contribution in [0.2, 0.25) is 0 Å². The molecule has 0 saturated heterocycles. The average Bonchev–Trinajstić information content (AvgIpc) is 2.69. The molecule has 0 aromatic heterocycles. The van der Waals surface area contributed by atoms with Crippen molar-refractivity contribution in [1.29, 1.82) is 0 Å². The van der Waals surface area contributed by atoms with E-state index in [1.54, 1.807) is 18.2 Å². The second kappa shape index (κ2) is 10.8. The summed E-state index contributed by atoms with van der Waals surface area (Å²) in [5.41, 5.74) is 4.92. The van der Waals surface area contributed by atoms with E-state index in [0.29, 0.717) is 22.8 Å². The third-order valence-electron chi connectivity index (χ3n) is 4.14. The van der Waals surface area contributed by atoms with Gasteiger partial charge in [-0.25, -0.2) is 5.43 Å². The molecule has 0 aliphatic carbocycles. The molecule has 0 bridgehead atoms. The summed E-state index contributed by atoms with van der Waals surface area (Å²) in [5.74, 6) is 0.898. The van der Waals surface area contributed by atoms with Crippen molar-refractivity contribution in [1.82, 2.24) is 5.43 Å². The van der Waals surface area contributed by atoms with Gasteiger partial charge >= 0.3 is 5.97 Å². The number of hydrogen-bond donors (Lipinski definition) is 1. The predicted molar refractivity (Wildman–Crippen MR) is 119 cm³/mol. The van der Waals surface area contributed by atoms with Crippen molar-refractivity contribution >= 4 is 34.0 Å². The number of hydrazone groups is 1. The standard InChI is InChI=1S/C22H25BrN2O5/c1-13(2)18-10-19(23)14(3)8-21(18)29-12-22(27)25-24-11-16-9-17(28-5)6-7-20(16)30-15(4)26/h6-11,13H,12H2,1-5H3,(H,25,27)/b24-11+. The van der Waals surface area contributed by atoms with Crippen LogP contribution < -0.4 is 19.6 Å². The van der Waals surface area contributed by atoms with E-state index in [0.717, 1.165) is 15.6 Å². The summed E-state index contributed by atoms with van der Waals surface area (Å²) in [5, 5.41) is 3.93. The topological polar surface area (TPSA) is 86.2 Å². The number of benzene rings is 2. The molecule has 2 rings (SSSR count). The molecule has 1 amide bonds. The lowest BCUT2D eigenvalue weighted by Gasteiger charge is -2.15.